The second kappa shape index (κ2) is 22.6. The highest BCUT2D eigenvalue weighted by atomic mass is 16.5. The van der Waals surface area contributed by atoms with Crippen molar-refractivity contribution >= 4 is 0 Å². The Morgan fingerprint density at radius 1 is 0.679 bits per heavy atom. The van der Waals surface area contributed by atoms with Crippen molar-refractivity contribution in [2.24, 2.45) is 70.0 Å². The van der Waals surface area contributed by atoms with Crippen LogP contribution in [0.3, 0.4) is 0 Å². The third-order valence-electron chi connectivity index (χ3n) is 24.6. The summed E-state index contributed by atoms with van der Waals surface area (Å²) in [6, 6.07) is 1.36. The summed E-state index contributed by atoms with van der Waals surface area (Å²) in [6.07, 6.45) is 75.8. The molecular formula is C75H104N2O. The SMILES string of the molecule is C=CC1CCC(OC2CCC(C3=C4C=CC(C3)N(C3C=CC(C(C)(C)C5=CCC(C)CC5)=CC3)C3=CCC(C=C3)C3=CC5=C(CC3C(C)(C)C3CCC(CC3)C3CCC=CC43)N(C3CCCCC3)C3=CCCCC35)CC2)CC1. The zero-order chi connectivity index (χ0) is 53.1. The van der Waals surface area contributed by atoms with Gasteiger partial charge in [-0.15, -0.1) is 6.58 Å². The molecule has 0 amide bonds. The molecule has 420 valence electrons. The summed E-state index contributed by atoms with van der Waals surface area (Å²) in [5.41, 5.74) is 15.6. The van der Waals surface area contributed by atoms with Gasteiger partial charge in [-0.3, -0.25) is 0 Å². The lowest BCUT2D eigenvalue weighted by atomic mass is 9.56. The van der Waals surface area contributed by atoms with Crippen molar-refractivity contribution in [2.75, 3.05) is 0 Å². The van der Waals surface area contributed by atoms with Crippen molar-refractivity contribution in [1.82, 2.24) is 9.80 Å². The van der Waals surface area contributed by atoms with E-state index in [-0.39, 0.29) is 10.8 Å². The van der Waals surface area contributed by atoms with Gasteiger partial charge >= 0.3 is 0 Å². The predicted octanol–water partition coefficient (Wildman–Crippen LogP) is 19.7. The summed E-state index contributed by atoms with van der Waals surface area (Å²) in [4.78, 5) is 5.99. The first-order valence-corrected chi connectivity index (χ1v) is 33.6. The highest BCUT2D eigenvalue weighted by Gasteiger charge is 2.50. The van der Waals surface area contributed by atoms with E-state index in [2.05, 4.69) is 136 Å². The maximum Gasteiger partial charge on any atom is 0.0579 e. The number of fused-ring (bicyclic) bond motifs is 2. The Hall–Kier alpha value is -3.56. The molecule has 78 heavy (non-hydrogen) atoms. The maximum atomic E-state index is 7.02. The number of allylic oxidation sites excluding steroid dienone is 17. The molecule has 8 unspecified atom stereocenters. The molecule has 4 fully saturated rings. The fourth-order valence-corrected chi connectivity index (χ4v) is 19.7. The van der Waals surface area contributed by atoms with E-state index in [4.69, 9.17) is 4.74 Å². The van der Waals surface area contributed by atoms with Crippen LogP contribution in [-0.2, 0) is 4.74 Å². The van der Waals surface area contributed by atoms with E-state index < -0.39 is 0 Å². The molecule has 0 saturated heterocycles. The average molecular weight is 1050 g/mol. The largest absolute Gasteiger partial charge is 0.375 e. The van der Waals surface area contributed by atoms with Crippen LogP contribution < -0.4 is 0 Å². The van der Waals surface area contributed by atoms with Crippen molar-refractivity contribution in [2.45, 2.75) is 251 Å². The molecule has 6 bridgehead atoms. The van der Waals surface area contributed by atoms with E-state index in [1.807, 2.05) is 5.57 Å². The van der Waals surface area contributed by atoms with Gasteiger partial charge in [0.15, 0.2) is 0 Å². The van der Waals surface area contributed by atoms with E-state index >= 15 is 0 Å². The summed E-state index contributed by atoms with van der Waals surface area (Å²) in [7, 11) is 0. The van der Waals surface area contributed by atoms with Gasteiger partial charge in [0, 0.05) is 46.3 Å². The molecule has 3 heteroatoms. The van der Waals surface area contributed by atoms with Crippen molar-refractivity contribution in [3.63, 3.8) is 0 Å². The lowest BCUT2D eigenvalue weighted by Gasteiger charge is -2.50. The van der Waals surface area contributed by atoms with E-state index in [0.29, 0.717) is 65.8 Å². The summed E-state index contributed by atoms with van der Waals surface area (Å²) in [6.45, 7) is 17.1. The zero-order valence-corrected chi connectivity index (χ0v) is 49.8. The van der Waals surface area contributed by atoms with Crippen molar-refractivity contribution < 1.29 is 4.74 Å². The molecule has 0 aromatic heterocycles. The molecule has 3 nitrogen and oxygen atoms in total. The molecule has 0 spiro atoms. The maximum absolute atomic E-state index is 7.02. The Morgan fingerprint density at radius 2 is 1.46 bits per heavy atom. The number of rotatable bonds is 8. The van der Waals surface area contributed by atoms with Crippen LogP contribution in [0.15, 0.2) is 142 Å². The number of nitrogens with zero attached hydrogens (tertiary/aromatic N) is 2. The Labute approximate surface area is 475 Å². The smallest absolute Gasteiger partial charge is 0.0579 e. The number of hydrogen-bond donors (Lipinski definition) is 0. The molecule has 8 atom stereocenters. The van der Waals surface area contributed by atoms with E-state index in [9.17, 15) is 0 Å². The topological polar surface area (TPSA) is 15.7 Å². The van der Waals surface area contributed by atoms with Crippen LogP contribution in [-0.4, -0.2) is 40.1 Å². The second-order valence-corrected chi connectivity index (χ2v) is 29.5. The van der Waals surface area contributed by atoms with Gasteiger partial charge in [-0.1, -0.05) is 150 Å². The molecule has 0 aromatic carbocycles. The summed E-state index contributed by atoms with van der Waals surface area (Å²) < 4.78 is 7.02. The van der Waals surface area contributed by atoms with Crippen LogP contribution in [0.25, 0.3) is 0 Å². The lowest BCUT2D eigenvalue weighted by molar-refractivity contribution is -0.0527. The Bertz CT molecular complexity index is 2580. The first kappa shape index (κ1) is 53.7. The van der Waals surface area contributed by atoms with Crippen LogP contribution >= 0.6 is 0 Å². The highest BCUT2D eigenvalue weighted by Crippen LogP contribution is 2.60. The molecule has 18 rings (SSSR count). The average Bonchev–Trinajstić information content (AvgIpc) is 4.06. The second-order valence-electron chi connectivity index (χ2n) is 29.5. The quantitative estimate of drug-likeness (QED) is 0.225. The Morgan fingerprint density at radius 3 is 2.18 bits per heavy atom. The van der Waals surface area contributed by atoms with Gasteiger partial charge < -0.3 is 14.5 Å². The van der Waals surface area contributed by atoms with Crippen LogP contribution in [0.4, 0.5) is 0 Å². The van der Waals surface area contributed by atoms with Gasteiger partial charge in [-0.2, -0.15) is 0 Å². The molecule has 18 aliphatic rings. The molecular weight excluding hydrogens is 945 g/mol. The molecule has 4 saturated carbocycles. The van der Waals surface area contributed by atoms with Crippen molar-refractivity contribution in [3.8, 4) is 0 Å². The summed E-state index contributed by atoms with van der Waals surface area (Å²) in [5.74, 6) is 6.65. The van der Waals surface area contributed by atoms with E-state index in [0.717, 1.165) is 42.9 Å². The van der Waals surface area contributed by atoms with Gasteiger partial charge in [0.05, 0.1) is 24.3 Å². The molecule has 0 N–H and O–H groups in total. The first-order valence-electron chi connectivity index (χ1n) is 33.6. The predicted molar refractivity (Wildman–Crippen MR) is 327 cm³/mol. The van der Waals surface area contributed by atoms with Gasteiger partial charge in [0.25, 0.3) is 0 Å². The van der Waals surface area contributed by atoms with Gasteiger partial charge in [-0.25, -0.2) is 0 Å². The molecule has 7 heterocycles. The monoisotopic (exact) mass is 1050 g/mol. The highest BCUT2D eigenvalue weighted by molar-refractivity contribution is 5.51. The molecule has 11 aliphatic carbocycles. The first-order chi connectivity index (χ1) is 38.0. The third kappa shape index (κ3) is 10.3. The summed E-state index contributed by atoms with van der Waals surface area (Å²) >= 11 is 0. The Balaban J connectivity index is 0.864. The third-order valence-corrected chi connectivity index (χ3v) is 24.6. The normalized spacial score (nSPS) is 39.1. The van der Waals surface area contributed by atoms with Gasteiger partial charge in [0.2, 0.25) is 0 Å². The van der Waals surface area contributed by atoms with Gasteiger partial charge in [0.1, 0.15) is 0 Å². The lowest BCUT2D eigenvalue weighted by Crippen LogP contribution is -2.44. The molecule has 0 aromatic rings. The molecule has 0 radical (unpaired) electrons. The van der Waals surface area contributed by atoms with Crippen molar-refractivity contribution in [1.29, 1.82) is 0 Å². The zero-order valence-electron chi connectivity index (χ0n) is 49.8. The van der Waals surface area contributed by atoms with E-state index in [1.165, 1.54) is 178 Å². The minimum atomic E-state index is 0.0765. The minimum Gasteiger partial charge on any atom is -0.375 e. The number of ether oxygens (including phenoxy) is 1. The standard InChI is InChI=1S/C75H104N2O/c1-7-51-23-42-62(43-24-51)78-63-44-29-53(30-45-63)68-47-61-41-46-66(68)65-18-12-11-17-64(65)52-25-33-57(34-26-52)75(5,6)71-49-73-70(67-19-13-14-20-72(67)77(73)58-15-9-8-10-16-58)48-69(71)54-27-37-59(38-28-54)76(61)60-39-35-56(36-40-60)74(3,4)55-31-21-50(2)22-32-55/h7,12,18,20,27,31,35-39,41,46,48,50-54,57-58,60-65,67,71H,1,8-11,13-17,19,21-26,28-30,32-34,40,42-45,47,49H2,2-6H3. The van der Waals surface area contributed by atoms with Crippen LogP contribution in [0.5, 0.6) is 0 Å². The van der Waals surface area contributed by atoms with Gasteiger partial charge in [-0.05, 0) is 237 Å². The fourth-order valence-electron chi connectivity index (χ4n) is 19.7. The molecule has 7 aliphatic heterocycles. The minimum absolute atomic E-state index is 0.0765. The summed E-state index contributed by atoms with van der Waals surface area (Å²) in [5, 5.41) is 0. The fraction of sp³-hybridized carbons (Fsp3) is 0.680. The van der Waals surface area contributed by atoms with Crippen LogP contribution in [0.2, 0.25) is 0 Å². The van der Waals surface area contributed by atoms with Crippen LogP contribution in [0, 0.1) is 70.0 Å². The number of hydrogen-bond acceptors (Lipinski definition) is 3. The van der Waals surface area contributed by atoms with Crippen LogP contribution in [0.1, 0.15) is 221 Å². The Kier molecular flexibility index (Phi) is 15.6. The van der Waals surface area contributed by atoms with E-state index in [1.54, 1.807) is 33.7 Å². The van der Waals surface area contributed by atoms with Crippen molar-refractivity contribution in [3.05, 3.63) is 142 Å².